The van der Waals surface area contributed by atoms with Crippen molar-refractivity contribution < 1.29 is 18.0 Å². The Hall–Kier alpha value is -1.50. The summed E-state index contributed by atoms with van der Waals surface area (Å²) >= 11 is 0. The van der Waals surface area contributed by atoms with Crippen molar-refractivity contribution in [2.24, 2.45) is 0 Å². The van der Waals surface area contributed by atoms with E-state index in [9.17, 15) is 18.0 Å². The number of nitrogens with one attached hydrogen (secondary N) is 2. The number of hydrogen-bond donors (Lipinski definition) is 2. The van der Waals surface area contributed by atoms with Crippen molar-refractivity contribution in [3.63, 3.8) is 0 Å². The van der Waals surface area contributed by atoms with Gasteiger partial charge >= 0.3 is 6.18 Å². The molecule has 0 aliphatic carbocycles. The molecule has 1 amide bonds. The number of carbonyl (C=O) groups excluding carboxylic acids is 1. The average Bonchev–Trinajstić information content (AvgIpc) is 2.75. The first-order valence-corrected chi connectivity index (χ1v) is 6.54. The van der Waals surface area contributed by atoms with E-state index in [0.29, 0.717) is 0 Å². The second kappa shape index (κ2) is 5.47. The van der Waals surface area contributed by atoms with Gasteiger partial charge in [0.1, 0.15) is 12.2 Å². The van der Waals surface area contributed by atoms with Gasteiger partial charge in [0.2, 0.25) is 0 Å². The van der Waals surface area contributed by atoms with Crippen LogP contribution in [0.5, 0.6) is 0 Å². The Balaban J connectivity index is 2.08. The third-order valence-corrected chi connectivity index (χ3v) is 3.53. The highest BCUT2D eigenvalue weighted by Gasteiger charge is 2.32. The molecule has 1 saturated heterocycles. The number of halogens is 3. The van der Waals surface area contributed by atoms with Gasteiger partial charge in [-0.05, 0) is 45.0 Å². The molecule has 1 aliphatic rings. The lowest BCUT2D eigenvalue weighted by Gasteiger charge is -2.35. The van der Waals surface area contributed by atoms with Crippen LogP contribution in [0.2, 0.25) is 0 Å². The summed E-state index contributed by atoms with van der Waals surface area (Å²) in [4.78, 5) is 12.2. The van der Waals surface area contributed by atoms with E-state index in [1.807, 2.05) is 6.92 Å². The number of aromatic nitrogens is 1. The maximum atomic E-state index is 12.4. The molecule has 1 aromatic rings. The number of alkyl halides is 3. The Labute approximate surface area is 115 Å². The Morgan fingerprint density at radius 2 is 2.10 bits per heavy atom. The van der Waals surface area contributed by atoms with Crippen LogP contribution >= 0.6 is 0 Å². The van der Waals surface area contributed by atoms with Gasteiger partial charge in [-0.2, -0.15) is 13.2 Å². The SMILES string of the molecule is CC1(NC(=O)c2cccn2CC(F)(F)F)CCNCC1. The largest absolute Gasteiger partial charge is 0.406 e. The molecule has 1 aliphatic heterocycles. The summed E-state index contributed by atoms with van der Waals surface area (Å²) in [7, 11) is 0. The Morgan fingerprint density at radius 1 is 1.45 bits per heavy atom. The molecule has 0 atom stereocenters. The van der Waals surface area contributed by atoms with Crippen LogP contribution < -0.4 is 10.6 Å². The number of piperidine rings is 1. The van der Waals surface area contributed by atoms with Gasteiger partial charge in [-0.1, -0.05) is 0 Å². The van der Waals surface area contributed by atoms with E-state index in [1.165, 1.54) is 18.3 Å². The highest BCUT2D eigenvalue weighted by molar-refractivity contribution is 5.93. The Kier molecular flexibility index (Phi) is 4.08. The minimum absolute atomic E-state index is 0.0436. The maximum Gasteiger partial charge on any atom is 0.406 e. The Morgan fingerprint density at radius 3 is 2.70 bits per heavy atom. The van der Waals surface area contributed by atoms with Crippen LogP contribution in [0.25, 0.3) is 0 Å². The molecule has 0 bridgehead atoms. The zero-order valence-electron chi connectivity index (χ0n) is 11.3. The fourth-order valence-corrected chi connectivity index (χ4v) is 2.39. The van der Waals surface area contributed by atoms with E-state index in [2.05, 4.69) is 10.6 Å². The van der Waals surface area contributed by atoms with Crippen LogP contribution in [-0.4, -0.2) is 35.3 Å². The van der Waals surface area contributed by atoms with Crippen molar-refractivity contribution in [3.8, 4) is 0 Å². The molecule has 1 fully saturated rings. The van der Waals surface area contributed by atoms with Gasteiger partial charge in [0, 0.05) is 11.7 Å². The van der Waals surface area contributed by atoms with Crippen LogP contribution in [0, 0.1) is 0 Å². The first kappa shape index (κ1) is 14.9. The van der Waals surface area contributed by atoms with Crippen molar-refractivity contribution in [2.75, 3.05) is 13.1 Å². The summed E-state index contributed by atoms with van der Waals surface area (Å²) in [5, 5.41) is 6.04. The van der Waals surface area contributed by atoms with Crippen LogP contribution in [0.4, 0.5) is 13.2 Å². The van der Waals surface area contributed by atoms with Crippen LogP contribution in [0.3, 0.4) is 0 Å². The molecular weight excluding hydrogens is 271 g/mol. The van der Waals surface area contributed by atoms with Crippen molar-refractivity contribution >= 4 is 5.91 Å². The van der Waals surface area contributed by atoms with Crippen LogP contribution in [0.1, 0.15) is 30.3 Å². The van der Waals surface area contributed by atoms with E-state index in [1.54, 1.807) is 0 Å². The highest BCUT2D eigenvalue weighted by atomic mass is 19.4. The quantitative estimate of drug-likeness (QED) is 0.893. The first-order valence-electron chi connectivity index (χ1n) is 6.54. The van der Waals surface area contributed by atoms with Gasteiger partial charge < -0.3 is 15.2 Å². The van der Waals surface area contributed by atoms with Gasteiger partial charge in [-0.3, -0.25) is 4.79 Å². The van der Waals surface area contributed by atoms with Crippen molar-refractivity contribution in [3.05, 3.63) is 24.0 Å². The highest BCUT2D eigenvalue weighted by Crippen LogP contribution is 2.21. The number of carbonyl (C=O) groups is 1. The smallest absolute Gasteiger partial charge is 0.346 e. The number of nitrogens with zero attached hydrogens (tertiary/aromatic N) is 1. The van der Waals surface area contributed by atoms with Crippen molar-refractivity contribution in [1.29, 1.82) is 0 Å². The molecule has 20 heavy (non-hydrogen) atoms. The first-order chi connectivity index (χ1) is 9.29. The predicted octanol–water partition coefficient (Wildman–Crippen LogP) is 1.92. The molecular formula is C13H18F3N3O. The number of rotatable bonds is 3. The van der Waals surface area contributed by atoms with Crippen LogP contribution in [-0.2, 0) is 6.54 Å². The lowest BCUT2D eigenvalue weighted by molar-refractivity contribution is -0.140. The molecule has 2 N–H and O–H groups in total. The van der Waals surface area contributed by atoms with Crippen LogP contribution in [0.15, 0.2) is 18.3 Å². The Bertz CT molecular complexity index is 475. The summed E-state index contributed by atoms with van der Waals surface area (Å²) in [6.07, 6.45) is -1.54. The molecule has 0 radical (unpaired) electrons. The minimum Gasteiger partial charge on any atom is -0.346 e. The van der Waals surface area contributed by atoms with E-state index in [0.717, 1.165) is 30.5 Å². The normalized spacial score (nSPS) is 18.8. The summed E-state index contributed by atoms with van der Waals surface area (Å²) in [6.45, 7) is 2.35. The monoisotopic (exact) mass is 289 g/mol. The van der Waals surface area contributed by atoms with E-state index in [4.69, 9.17) is 0 Å². The van der Waals surface area contributed by atoms with Gasteiger partial charge in [0.15, 0.2) is 0 Å². The van der Waals surface area contributed by atoms with Gasteiger partial charge in [0.25, 0.3) is 5.91 Å². The molecule has 0 aromatic carbocycles. The van der Waals surface area contributed by atoms with Crippen molar-refractivity contribution in [2.45, 2.75) is 38.0 Å². The second-order valence-corrected chi connectivity index (χ2v) is 5.40. The third-order valence-electron chi connectivity index (χ3n) is 3.53. The van der Waals surface area contributed by atoms with E-state index >= 15 is 0 Å². The zero-order chi connectivity index (χ0) is 14.8. The number of hydrogen-bond acceptors (Lipinski definition) is 2. The summed E-state index contributed by atoms with van der Waals surface area (Å²) in [5.74, 6) is -0.455. The summed E-state index contributed by atoms with van der Waals surface area (Å²) < 4.78 is 38.2. The molecule has 2 heterocycles. The molecule has 112 valence electrons. The summed E-state index contributed by atoms with van der Waals surface area (Å²) in [5.41, 5.74) is -0.322. The van der Waals surface area contributed by atoms with E-state index in [-0.39, 0.29) is 11.2 Å². The van der Waals surface area contributed by atoms with Gasteiger partial charge in [0.05, 0.1) is 0 Å². The molecule has 4 nitrogen and oxygen atoms in total. The summed E-state index contributed by atoms with van der Waals surface area (Å²) in [6, 6.07) is 2.86. The minimum atomic E-state index is -4.34. The van der Waals surface area contributed by atoms with Crippen molar-refractivity contribution in [1.82, 2.24) is 15.2 Å². The molecule has 1 aromatic heterocycles. The number of amides is 1. The molecule has 0 saturated carbocycles. The fourth-order valence-electron chi connectivity index (χ4n) is 2.39. The lowest BCUT2D eigenvalue weighted by Crippen LogP contribution is -2.52. The third kappa shape index (κ3) is 3.75. The molecule has 7 heteroatoms. The maximum absolute atomic E-state index is 12.4. The van der Waals surface area contributed by atoms with Gasteiger partial charge in [-0.25, -0.2) is 0 Å². The molecule has 2 rings (SSSR count). The molecule has 0 spiro atoms. The average molecular weight is 289 g/mol. The fraction of sp³-hybridized carbons (Fsp3) is 0.615. The topological polar surface area (TPSA) is 46.1 Å². The van der Waals surface area contributed by atoms with Gasteiger partial charge in [-0.15, -0.1) is 0 Å². The van der Waals surface area contributed by atoms with E-state index < -0.39 is 18.6 Å². The molecule has 0 unspecified atom stereocenters. The lowest BCUT2D eigenvalue weighted by atomic mass is 9.90. The standard InChI is InChI=1S/C13H18F3N3O/c1-12(4-6-17-7-5-12)18-11(20)10-3-2-8-19(10)9-13(14,15)16/h2-3,8,17H,4-7,9H2,1H3,(H,18,20). The zero-order valence-corrected chi connectivity index (χ0v) is 11.3. The predicted molar refractivity (Wildman–Crippen MR) is 68.5 cm³/mol. The second-order valence-electron chi connectivity index (χ2n) is 5.40.